The molecule has 1 heterocycles. The predicted octanol–water partition coefficient (Wildman–Crippen LogP) is 3.61. The van der Waals surface area contributed by atoms with Crippen molar-refractivity contribution in [2.45, 2.75) is 18.5 Å². The fourth-order valence-electron chi connectivity index (χ4n) is 2.71. The molecule has 0 aliphatic heterocycles. The number of rotatable bonds is 8. The quantitative estimate of drug-likeness (QED) is 0.471. The van der Waals surface area contributed by atoms with Gasteiger partial charge in [0.15, 0.2) is 5.16 Å². The van der Waals surface area contributed by atoms with Crippen molar-refractivity contribution in [3.05, 3.63) is 54.1 Å². The molecule has 0 atom stereocenters. The number of anilines is 1. The zero-order valence-corrected chi connectivity index (χ0v) is 16.0. The summed E-state index contributed by atoms with van der Waals surface area (Å²) in [6.45, 7) is 3.63. The van der Waals surface area contributed by atoms with Gasteiger partial charge in [-0.05, 0) is 43.2 Å². The Hall–Kier alpha value is -2.47. The molecule has 0 saturated carbocycles. The number of thioether (sulfide) groups is 1. The van der Waals surface area contributed by atoms with Crippen LogP contribution >= 0.6 is 11.8 Å². The fraction of sp³-hybridized carbons (Fsp3) is 0.300. The molecule has 2 aromatic carbocycles. The zero-order chi connectivity index (χ0) is 18.4. The Morgan fingerprint density at radius 1 is 1.23 bits per heavy atom. The summed E-state index contributed by atoms with van der Waals surface area (Å²) in [6.07, 6.45) is 0.908. The molecule has 2 N–H and O–H groups in total. The van der Waals surface area contributed by atoms with E-state index in [1.165, 1.54) is 23.0 Å². The zero-order valence-electron chi connectivity index (χ0n) is 15.2. The van der Waals surface area contributed by atoms with Gasteiger partial charge in [-0.2, -0.15) is 0 Å². The van der Waals surface area contributed by atoms with Gasteiger partial charge in [-0.15, -0.1) is 0 Å². The minimum Gasteiger partial charge on any atom is -0.375 e. The number of benzene rings is 2. The lowest BCUT2D eigenvalue weighted by Gasteiger charge is -2.19. The average molecular weight is 369 g/mol. The van der Waals surface area contributed by atoms with Crippen molar-refractivity contribution >= 4 is 34.4 Å². The first-order valence-corrected chi connectivity index (χ1v) is 9.72. The Bertz CT molecular complexity index is 863. The fourth-order valence-corrected chi connectivity index (χ4v) is 3.42. The molecule has 0 aliphatic carbocycles. The Morgan fingerprint density at radius 3 is 2.85 bits per heavy atom. The third-order valence-corrected chi connectivity index (χ3v) is 5.02. The van der Waals surface area contributed by atoms with E-state index in [0.29, 0.717) is 12.3 Å². The van der Waals surface area contributed by atoms with Gasteiger partial charge < -0.3 is 15.2 Å². The second-order valence-electron chi connectivity index (χ2n) is 6.31. The molecule has 0 bridgehead atoms. The Morgan fingerprint density at radius 2 is 2.04 bits per heavy atom. The highest BCUT2D eigenvalue weighted by molar-refractivity contribution is 7.99. The number of aromatic amines is 1. The van der Waals surface area contributed by atoms with Gasteiger partial charge in [0, 0.05) is 25.8 Å². The van der Waals surface area contributed by atoms with Crippen LogP contribution in [-0.2, 0) is 4.79 Å². The van der Waals surface area contributed by atoms with Crippen LogP contribution in [0.5, 0.6) is 0 Å². The number of amides is 1. The van der Waals surface area contributed by atoms with Crippen molar-refractivity contribution < 1.29 is 4.79 Å². The van der Waals surface area contributed by atoms with E-state index in [2.05, 4.69) is 52.4 Å². The summed E-state index contributed by atoms with van der Waals surface area (Å²) >= 11 is 1.43. The van der Waals surface area contributed by atoms with E-state index in [1.54, 1.807) is 0 Å². The van der Waals surface area contributed by atoms with Crippen LogP contribution in [0.15, 0.2) is 53.7 Å². The number of hydrogen-bond acceptors (Lipinski definition) is 4. The lowest BCUT2D eigenvalue weighted by atomic mass is 10.2. The number of imidazole rings is 1. The van der Waals surface area contributed by atoms with Gasteiger partial charge in [-0.25, -0.2) is 4.98 Å². The number of fused-ring (bicyclic) bond motifs is 1. The monoisotopic (exact) mass is 368 g/mol. The van der Waals surface area contributed by atoms with Crippen LogP contribution in [-0.4, -0.2) is 41.8 Å². The summed E-state index contributed by atoms with van der Waals surface area (Å²) in [7, 11) is 2.07. The van der Waals surface area contributed by atoms with Crippen molar-refractivity contribution in [3.63, 3.8) is 0 Å². The van der Waals surface area contributed by atoms with Crippen LogP contribution < -0.4 is 10.2 Å². The first-order chi connectivity index (χ1) is 12.6. The Balaban J connectivity index is 1.37. The molecular formula is C20H24N4OS. The first-order valence-electron chi connectivity index (χ1n) is 8.74. The van der Waals surface area contributed by atoms with Crippen LogP contribution in [0.2, 0.25) is 0 Å². The summed E-state index contributed by atoms with van der Waals surface area (Å²) in [5.74, 6) is 0.404. The predicted molar refractivity (Wildman–Crippen MR) is 109 cm³/mol. The number of hydrogen-bond donors (Lipinski definition) is 2. The molecular weight excluding hydrogens is 344 g/mol. The molecule has 0 radical (unpaired) electrons. The summed E-state index contributed by atoms with van der Waals surface area (Å²) < 4.78 is 0. The minimum atomic E-state index is 0.0361. The summed E-state index contributed by atoms with van der Waals surface area (Å²) in [5, 5.41) is 3.76. The molecule has 6 heteroatoms. The van der Waals surface area contributed by atoms with E-state index < -0.39 is 0 Å². The van der Waals surface area contributed by atoms with Crippen molar-refractivity contribution in [1.29, 1.82) is 0 Å². The molecule has 3 aromatic rings. The van der Waals surface area contributed by atoms with E-state index in [0.717, 1.165) is 29.2 Å². The average Bonchev–Trinajstić information content (AvgIpc) is 3.06. The van der Waals surface area contributed by atoms with E-state index in [-0.39, 0.29) is 5.91 Å². The first kappa shape index (κ1) is 18.3. The highest BCUT2D eigenvalue weighted by Gasteiger charge is 2.07. The topological polar surface area (TPSA) is 61.0 Å². The number of carbonyl (C=O) groups is 1. The van der Waals surface area contributed by atoms with Crippen molar-refractivity contribution in [1.82, 2.24) is 15.3 Å². The van der Waals surface area contributed by atoms with Gasteiger partial charge in [-0.1, -0.05) is 36.0 Å². The van der Waals surface area contributed by atoms with E-state index in [4.69, 9.17) is 0 Å². The number of nitrogens with one attached hydrogen (secondary N) is 2. The number of aromatic nitrogens is 2. The van der Waals surface area contributed by atoms with Crippen molar-refractivity contribution in [2.75, 3.05) is 30.8 Å². The molecule has 0 unspecified atom stereocenters. The largest absolute Gasteiger partial charge is 0.375 e. The van der Waals surface area contributed by atoms with Gasteiger partial charge in [0.1, 0.15) is 0 Å². The number of aryl methyl sites for hydroxylation is 1. The molecule has 3 rings (SSSR count). The Kier molecular flexibility index (Phi) is 6.17. The number of carbonyl (C=O) groups excluding carboxylic acids is 1. The van der Waals surface area contributed by atoms with Crippen LogP contribution in [0.4, 0.5) is 5.69 Å². The van der Waals surface area contributed by atoms with E-state index in [9.17, 15) is 4.79 Å². The molecule has 0 spiro atoms. The van der Waals surface area contributed by atoms with Crippen molar-refractivity contribution in [2.24, 2.45) is 0 Å². The second-order valence-corrected chi connectivity index (χ2v) is 7.28. The van der Waals surface area contributed by atoms with Gasteiger partial charge in [-0.3, -0.25) is 4.79 Å². The number of H-pyrrole nitrogens is 1. The number of nitrogens with zero attached hydrogens (tertiary/aromatic N) is 2. The maximum atomic E-state index is 12.0. The highest BCUT2D eigenvalue weighted by atomic mass is 32.2. The maximum Gasteiger partial charge on any atom is 0.230 e. The third kappa shape index (κ3) is 5.02. The Labute approximate surface area is 158 Å². The number of para-hydroxylation sites is 1. The van der Waals surface area contributed by atoms with Gasteiger partial charge in [0.2, 0.25) is 5.91 Å². The lowest BCUT2D eigenvalue weighted by Crippen LogP contribution is -2.29. The smallest absolute Gasteiger partial charge is 0.230 e. The molecule has 0 fully saturated rings. The normalized spacial score (nSPS) is 10.8. The highest BCUT2D eigenvalue weighted by Crippen LogP contribution is 2.20. The lowest BCUT2D eigenvalue weighted by molar-refractivity contribution is -0.118. The van der Waals surface area contributed by atoms with Crippen molar-refractivity contribution in [3.8, 4) is 0 Å². The van der Waals surface area contributed by atoms with Crippen LogP contribution in [0.25, 0.3) is 11.0 Å². The molecule has 136 valence electrons. The molecule has 26 heavy (non-hydrogen) atoms. The second kappa shape index (κ2) is 8.76. The summed E-state index contributed by atoms with van der Waals surface area (Å²) in [6, 6.07) is 16.3. The van der Waals surface area contributed by atoms with E-state index >= 15 is 0 Å². The van der Waals surface area contributed by atoms with E-state index in [1.807, 2.05) is 30.3 Å². The SMILES string of the molecule is Cc1ccc2nc(SCC(=O)NCCCN(C)c3ccccc3)[nH]c2c1. The molecule has 1 aromatic heterocycles. The molecule has 0 saturated heterocycles. The maximum absolute atomic E-state index is 12.0. The van der Waals surface area contributed by atoms with Gasteiger partial charge >= 0.3 is 0 Å². The molecule has 1 amide bonds. The van der Waals surface area contributed by atoms with Gasteiger partial charge in [0.05, 0.1) is 16.8 Å². The summed E-state index contributed by atoms with van der Waals surface area (Å²) in [5.41, 5.74) is 4.32. The standard InChI is InChI=1S/C20H24N4OS/c1-15-9-10-17-18(13-15)23-20(22-17)26-14-19(25)21-11-6-12-24(2)16-7-4-3-5-8-16/h3-5,7-10,13H,6,11-12,14H2,1-2H3,(H,21,25)(H,22,23). The minimum absolute atomic E-state index is 0.0361. The van der Waals surface area contributed by atoms with Crippen LogP contribution in [0, 0.1) is 6.92 Å². The molecule has 0 aliphatic rings. The summed E-state index contributed by atoms with van der Waals surface area (Å²) in [4.78, 5) is 22.0. The van der Waals surface area contributed by atoms with Crippen LogP contribution in [0.3, 0.4) is 0 Å². The molecule has 5 nitrogen and oxygen atoms in total. The van der Waals surface area contributed by atoms with Crippen LogP contribution in [0.1, 0.15) is 12.0 Å². The van der Waals surface area contributed by atoms with Gasteiger partial charge in [0.25, 0.3) is 0 Å². The third-order valence-electron chi connectivity index (χ3n) is 4.15.